The monoisotopic (exact) mass is 342 g/mol. The van der Waals surface area contributed by atoms with Gasteiger partial charge in [0.25, 0.3) is 0 Å². The zero-order valence-electron chi connectivity index (χ0n) is 14.1. The van der Waals surface area contributed by atoms with Crippen molar-refractivity contribution in [3.05, 3.63) is 65.7 Å². The first-order valence-electron chi connectivity index (χ1n) is 8.69. The van der Waals surface area contributed by atoms with E-state index in [0.717, 1.165) is 30.5 Å². The first-order valence-corrected chi connectivity index (χ1v) is 8.69. The Morgan fingerprint density at radius 3 is 2.72 bits per heavy atom. The van der Waals surface area contributed by atoms with Crippen LogP contribution in [0.4, 0.5) is 4.39 Å². The molecule has 1 amide bonds. The molecule has 0 bridgehead atoms. The number of hydrogen-bond donors (Lipinski definition) is 2. The Morgan fingerprint density at radius 1 is 1.28 bits per heavy atom. The maximum Gasteiger partial charge on any atom is 0.230 e. The molecule has 1 heterocycles. The van der Waals surface area contributed by atoms with Crippen LogP contribution in [0.1, 0.15) is 30.5 Å². The van der Waals surface area contributed by atoms with Crippen LogP contribution in [0.5, 0.6) is 0 Å². The van der Waals surface area contributed by atoms with Gasteiger partial charge in [-0.15, -0.1) is 0 Å². The number of aliphatic hydroxyl groups is 1. The minimum atomic E-state index is -0.632. The summed E-state index contributed by atoms with van der Waals surface area (Å²) in [6, 6.07) is 12.0. The van der Waals surface area contributed by atoms with Gasteiger partial charge in [0.2, 0.25) is 5.91 Å². The van der Waals surface area contributed by atoms with Crippen molar-refractivity contribution in [2.75, 3.05) is 13.2 Å². The van der Waals surface area contributed by atoms with Crippen molar-refractivity contribution in [3.63, 3.8) is 0 Å². The zero-order valence-corrected chi connectivity index (χ0v) is 14.1. The molecule has 2 aromatic rings. The van der Waals surface area contributed by atoms with Gasteiger partial charge in [-0.25, -0.2) is 4.39 Å². The molecule has 4 nitrogen and oxygen atoms in total. The molecule has 3 rings (SSSR count). The molecule has 0 aliphatic heterocycles. The third kappa shape index (κ3) is 3.87. The molecule has 0 saturated heterocycles. The standard InChI is InChI=1S/C20H23FN2O2/c21-17-6-3-5-16(12-17)20(8-4-9-20)19(25)23-13-15(14-24)11-18-7-1-2-10-22-18/h1-3,5-7,10,12,15,24H,4,8-9,11,13-14H2,(H,23,25). The molecule has 1 saturated carbocycles. The molecule has 1 aliphatic carbocycles. The van der Waals surface area contributed by atoms with Crippen LogP contribution in [0, 0.1) is 11.7 Å². The predicted octanol–water partition coefficient (Wildman–Crippen LogP) is 2.61. The molecule has 5 heteroatoms. The van der Waals surface area contributed by atoms with E-state index in [4.69, 9.17) is 0 Å². The summed E-state index contributed by atoms with van der Waals surface area (Å²) in [5.74, 6) is -0.493. The first kappa shape index (κ1) is 17.5. The quantitative estimate of drug-likeness (QED) is 0.813. The van der Waals surface area contributed by atoms with E-state index in [1.54, 1.807) is 12.3 Å². The highest BCUT2D eigenvalue weighted by Gasteiger charge is 2.45. The van der Waals surface area contributed by atoms with Gasteiger partial charge in [-0.3, -0.25) is 9.78 Å². The molecule has 1 aromatic heterocycles. The number of carbonyl (C=O) groups is 1. The van der Waals surface area contributed by atoms with Crippen molar-refractivity contribution in [2.45, 2.75) is 31.1 Å². The maximum absolute atomic E-state index is 13.6. The average molecular weight is 342 g/mol. The minimum absolute atomic E-state index is 0.0240. The van der Waals surface area contributed by atoms with Crippen LogP contribution in [0.25, 0.3) is 0 Å². The highest BCUT2D eigenvalue weighted by atomic mass is 19.1. The number of benzene rings is 1. The van der Waals surface area contributed by atoms with Crippen molar-refractivity contribution in [2.24, 2.45) is 5.92 Å². The van der Waals surface area contributed by atoms with Crippen molar-refractivity contribution >= 4 is 5.91 Å². The molecular formula is C20H23FN2O2. The highest BCUT2D eigenvalue weighted by Crippen LogP contribution is 2.44. The van der Waals surface area contributed by atoms with Crippen LogP contribution < -0.4 is 5.32 Å². The highest BCUT2D eigenvalue weighted by molar-refractivity contribution is 5.89. The molecule has 132 valence electrons. The second kappa shape index (κ2) is 7.74. The summed E-state index contributed by atoms with van der Waals surface area (Å²) in [4.78, 5) is 17.1. The average Bonchev–Trinajstić information content (AvgIpc) is 2.58. The number of aromatic nitrogens is 1. The molecule has 1 aromatic carbocycles. The zero-order chi connectivity index (χ0) is 17.7. The molecule has 0 spiro atoms. The van der Waals surface area contributed by atoms with Crippen LogP contribution in [-0.4, -0.2) is 29.1 Å². The number of nitrogens with one attached hydrogen (secondary N) is 1. The van der Waals surface area contributed by atoms with Gasteiger partial charge < -0.3 is 10.4 Å². The van der Waals surface area contributed by atoms with Gasteiger partial charge in [0.1, 0.15) is 5.82 Å². The lowest BCUT2D eigenvalue weighted by atomic mass is 9.63. The second-order valence-electron chi connectivity index (χ2n) is 6.73. The maximum atomic E-state index is 13.6. The molecule has 1 fully saturated rings. The SMILES string of the molecule is O=C(NCC(CO)Cc1ccccn1)C1(c2cccc(F)c2)CCC1. The Kier molecular flexibility index (Phi) is 5.43. The van der Waals surface area contributed by atoms with E-state index >= 15 is 0 Å². The van der Waals surface area contributed by atoms with Crippen molar-refractivity contribution in [3.8, 4) is 0 Å². The smallest absolute Gasteiger partial charge is 0.230 e. The van der Waals surface area contributed by atoms with Crippen LogP contribution >= 0.6 is 0 Å². The molecule has 25 heavy (non-hydrogen) atoms. The van der Waals surface area contributed by atoms with Crippen molar-refractivity contribution in [1.82, 2.24) is 10.3 Å². The predicted molar refractivity (Wildman–Crippen MR) is 93.5 cm³/mol. The largest absolute Gasteiger partial charge is 0.396 e. The van der Waals surface area contributed by atoms with Crippen LogP contribution in [-0.2, 0) is 16.6 Å². The van der Waals surface area contributed by atoms with Gasteiger partial charge in [-0.1, -0.05) is 24.6 Å². The van der Waals surface area contributed by atoms with Crippen LogP contribution in [0.15, 0.2) is 48.7 Å². The number of halogens is 1. The van der Waals surface area contributed by atoms with Crippen molar-refractivity contribution in [1.29, 1.82) is 0 Å². The molecule has 0 radical (unpaired) electrons. The Balaban J connectivity index is 1.64. The number of amides is 1. The van der Waals surface area contributed by atoms with Gasteiger partial charge >= 0.3 is 0 Å². The van der Waals surface area contributed by atoms with Gasteiger partial charge in [0.15, 0.2) is 0 Å². The van der Waals surface area contributed by atoms with E-state index in [0.29, 0.717) is 13.0 Å². The fourth-order valence-corrected chi connectivity index (χ4v) is 3.39. The summed E-state index contributed by atoms with van der Waals surface area (Å²) in [5, 5.41) is 12.6. The fraction of sp³-hybridized carbons (Fsp3) is 0.400. The first-order chi connectivity index (χ1) is 12.1. The Hall–Kier alpha value is -2.27. The minimum Gasteiger partial charge on any atom is -0.396 e. The van der Waals surface area contributed by atoms with Gasteiger partial charge in [-0.2, -0.15) is 0 Å². The number of nitrogens with zero attached hydrogens (tertiary/aromatic N) is 1. The molecular weight excluding hydrogens is 319 g/mol. The number of rotatable bonds is 7. The number of carbonyl (C=O) groups excluding carboxylic acids is 1. The Morgan fingerprint density at radius 2 is 2.12 bits per heavy atom. The lowest BCUT2D eigenvalue weighted by Crippen LogP contribution is -2.50. The van der Waals surface area contributed by atoms with E-state index in [1.807, 2.05) is 24.3 Å². The van der Waals surface area contributed by atoms with Gasteiger partial charge in [-0.05, 0) is 49.1 Å². The van der Waals surface area contributed by atoms with Gasteiger partial charge in [0.05, 0.1) is 5.41 Å². The summed E-state index contributed by atoms with van der Waals surface area (Å²) >= 11 is 0. The lowest BCUT2D eigenvalue weighted by molar-refractivity contribution is -0.130. The summed E-state index contributed by atoms with van der Waals surface area (Å²) in [5.41, 5.74) is 0.994. The molecule has 1 aliphatic rings. The van der Waals surface area contributed by atoms with Gasteiger partial charge in [0, 0.05) is 31.0 Å². The molecule has 2 N–H and O–H groups in total. The number of pyridine rings is 1. The summed E-state index contributed by atoms with van der Waals surface area (Å²) in [6.45, 7) is 0.354. The third-order valence-electron chi connectivity index (χ3n) is 5.05. The summed E-state index contributed by atoms with van der Waals surface area (Å²) in [7, 11) is 0. The van der Waals surface area contributed by atoms with Crippen LogP contribution in [0.3, 0.4) is 0 Å². The summed E-state index contributed by atoms with van der Waals surface area (Å²) in [6.07, 6.45) is 4.74. The second-order valence-corrected chi connectivity index (χ2v) is 6.73. The van der Waals surface area contributed by atoms with E-state index in [2.05, 4.69) is 10.3 Å². The molecule has 1 atom stereocenters. The van der Waals surface area contributed by atoms with Crippen molar-refractivity contribution < 1.29 is 14.3 Å². The third-order valence-corrected chi connectivity index (χ3v) is 5.05. The van der Waals surface area contributed by atoms with E-state index < -0.39 is 5.41 Å². The van der Waals surface area contributed by atoms with E-state index in [9.17, 15) is 14.3 Å². The Labute approximate surface area is 147 Å². The van der Waals surface area contributed by atoms with E-state index in [-0.39, 0.29) is 24.2 Å². The fourth-order valence-electron chi connectivity index (χ4n) is 3.39. The summed E-state index contributed by atoms with van der Waals surface area (Å²) < 4.78 is 13.6. The number of hydrogen-bond acceptors (Lipinski definition) is 3. The molecule has 1 unspecified atom stereocenters. The van der Waals surface area contributed by atoms with E-state index in [1.165, 1.54) is 12.1 Å². The lowest BCUT2D eigenvalue weighted by Gasteiger charge is -2.41. The Bertz CT molecular complexity index is 717. The van der Waals surface area contributed by atoms with Crippen LogP contribution in [0.2, 0.25) is 0 Å². The topological polar surface area (TPSA) is 62.2 Å². The number of aliphatic hydroxyl groups excluding tert-OH is 1. The normalized spacial score (nSPS) is 16.7.